The Balaban J connectivity index is 1.80. The summed E-state index contributed by atoms with van der Waals surface area (Å²) in [5.74, 6) is -0.438. The topological polar surface area (TPSA) is 45.6 Å². The van der Waals surface area contributed by atoms with E-state index in [1.54, 1.807) is 7.05 Å². The largest absolute Gasteiger partial charge is 0.382 e. The van der Waals surface area contributed by atoms with Gasteiger partial charge < -0.3 is 15.4 Å². The molecule has 122 valence electrons. The van der Waals surface area contributed by atoms with Crippen LogP contribution in [0.3, 0.4) is 0 Å². The first-order chi connectivity index (χ1) is 10.7. The lowest BCUT2D eigenvalue weighted by atomic mass is 10.1. The lowest BCUT2D eigenvalue weighted by Gasteiger charge is -2.12. The summed E-state index contributed by atoms with van der Waals surface area (Å²) in [7, 11) is 1.68. The van der Waals surface area contributed by atoms with Gasteiger partial charge in [-0.3, -0.25) is 4.99 Å². The summed E-state index contributed by atoms with van der Waals surface area (Å²) in [6, 6.07) is 4.01. The molecule has 6 heteroatoms. The van der Waals surface area contributed by atoms with E-state index < -0.39 is 11.6 Å². The summed E-state index contributed by atoms with van der Waals surface area (Å²) in [5, 5.41) is 6.37. The normalized spacial score (nSPS) is 20.8. The fourth-order valence-electron chi connectivity index (χ4n) is 2.43. The number of hydrogen-bond donors (Lipinski definition) is 2. The van der Waals surface area contributed by atoms with E-state index in [0.29, 0.717) is 25.6 Å². The van der Waals surface area contributed by atoms with Gasteiger partial charge in [0.1, 0.15) is 11.6 Å². The Bertz CT molecular complexity index is 502. The number of aliphatic imine (C=N–C) groups is 1. The molecular weight excluding hydrogens is 288 g/mol. The van der Waals surface area contributed by atoms with Crippen molar-refractivity contribution in [1.29, 1.82) is 0 Å². The highest BCUT2D eigenvalue weighted by atomic mass is 19.1. The first-order valence-electron chi connectivity index (χ1n) is 7.66. The number of ether oxygens (including phenoxy) is 1. The molecule has 4 nitrogen and oxygen atoms in total. The van der Waals surface area contributed by atoms with Crippen molar-refractivity contribution in [1.82, 2.24) is 10.6 Å². The fourth-order valence-corrected chi connectivity index (χ4v) is 2.43. The quantitative estimate of drug-likeness (QED) is 0.462. The molecule has 2 unspecified atom stereocenters. The van der Waals surface area contributed by atoms with Crippen LogP contribution >= 0.6 is 0 Å². The Morgan fingerprint density at radius 3 is 2.73 bits per heavy atom. The number of rotatable bonds is 7. The van der Waals surface area contributed by atoms with Crippen molar-refractivity contribution in [2.45, 2.75) is 31.7 Å². The molecule has 2 rings (SSSR count). The van der Waals surface area contributed by atoms with Crippen molar-refractivity contribution in [2.24, 2.45) is 4.99 Å². The van der Waals surface area contributed by atoms with Crippen LogP contribution in [0.2, 0.25) is 0 Å². The fraction of sp³-hybridized carbons (Fsp3) is 0.562. The van der Waals surface area contributed by atoms with Crippen molar-refractivity contribution in [2.75, 3.05) is 26.8 Å². The van der Waals surface area contributed by atoms with E-state index in [0.717, 1.165) is 13.0 Å². The van der Waals surface area contributed by atoms with Gasteiger partial charge in [-0.25, -0.2) is 8.78 Å². The summed E-state index contributed by atoms with van der Waals surface area (Å²) >= 11 is 0. The Morgan fingerprint density at radius 2 is 2.09 bits per heavy atom. The number of benzene rings is 1. The molecule has 1 aromatic rings. The highest BCUT2D eigenvalue weighted by Crippen LogP contribution is 2.42. The third kappa shape index (κ3) is 4.40. The lowest BCUT2D eigenvalue weighted by Crippen LogP contribution is -2.39. The van der Waals surface area contributed by atoms with Crippen LogP contribution in [-0.4, -0.2) is 38.8 Å². The minimum atomic E-state index is -0.478. The van der Waals surface area contributed by atoms with Gasteiger partial charge in [0.15, 0.2) is 5.96 Å². The van der Waals surface area contributed by atoms with Gasteiger partial charge in [0.2, 0.25) is 0 Å². The molecule has 1 saturated carbocycles. The first-order valence-corrected chi connectivity index (χ1v) is 7.66. The number of nitrogens with one attached hydrogen (secondary N) is 2. The van der Waals surface area contributed by atoms with E-state index in [1.165, 1.54) is 18.2 Å². The molecule has 1 aliphatic carbocycles. The number of halogens is 2. The summed E-state index contributed by atoms with van der Waals surface area (Å²) in [6.45, 7) is 4.12. The SMILES string of the molecule is CCOCCCNC(=NC)NC1CC1c1c(F)cccc1F. The van der Waals surface area contributed by atoms with Crippen molar-refractivity contribution in [3.05, 3.63) is 35.4 Å². The van der Waals surface area contributed by atoms with Crippen LogP contribution in [0.4, 0.5) is 8.78 Å². The maximum atomic E-state index is 13.7. The van der Waals surface area contributed by atoms with Crippen LogP contribution in [0.15, 0.2) is 23.2 Å². The molecule has 0 spiro atoms. The standard InChI is InChI=1S/C16H23F2N3O/c1-3-22-9-5-8-20-16(19-2)21-14-10-11(14)15-12(17)6-4-7-13(15)18/h4,6-7,11,14H,3,5,8-10H2,1-2H3,(H2,19,20,21). The summed E-state index contributed by atoms with van der Waals surface area (Å²) in [4.78, 5) is 4.13. The zero-order valence-corrected chi connectivity index (χ0v) is 13.0. The highest BCUT2D eigenvalue weighted by Gasteiger charge is 2.42. The van der Waals surface area contributed by atoms with Crippen LogP contribution in [0.1, 0.15) is 31.2 Å². The Hall–Kier alpha value is -1.69. The highest BCUT2D eigenvalue weighted by molar-refractivity contribution is 5.80. The van der Waals surface area contributed by atoms with Gasteiger partial charge in [0.05, 0.1) is 0 Å². The maximum absolute atomic E-state index is 13.7. The molecule has 2 atom stereocenters. The summed E-state index contributed by atoms with van der Waals surface area (Å²) < 4.78 is 32.7. The average Bonchev–Trinajstić information content (AvgIpc) is 3.24. The van der Waals surface area contributed by atoms with Crippen LogP contribution in [-0.2, 0) is 4.74 Å². The number of hydrogen-bond acceptors (Lipinski definition) is 2. The van der Waals surface area contributed by atoms with Crippen molar-refractivity contribution in [3.8, 4) is 0 Å². The third-order valence-electron chi connectivity index (χ3n) is 3.67. The molecule has 1 aromatic carbocycles. The molecule has 0 bridgehead atoms. The average molecular weight is 311 g/mol. The Kier molecular flexibility index (Phi) is 6.12. The molecule has 0 saturated heterocycles. The Morgan fingerprint density at radius 1 is 1.36 bits per heavy atom. The molecular formula is C16H23F2N3O. The van der Waals surface area contributed by atoms with Crippen LogP contribution in [0.25, 0.3) is 0 Å². The predicted molar refractivity (Wildman–Crippen MR) is 83.1 cm³/mol. The smallest absolute Gasteiger partial charge is 0.191 e. The monoisotopic (exact) mass is 311 g/mol. The van der Waals surface area contributed by atoms with E-state index in [1.807, 2.05) is 6.92 Å². The minimum absolute atomic E-state index is 0.0180. The molecule has 2 N–H and O–H groups in total. The van der Waals surface area contributed by atoms with Gasteiger partial charge in [-0.1, -0.05) is 6.07 Å². The van der Waals surface area contributed by atoms with E-state index in [4.69, 9.17) is 4.74 Å². The summed E-state index contributed by atoms with van der Waals surface area (Å²) in [5.41, 5.74) is 0.173. The van der Waals surface area contributed by atoms with Crippen molar-refractivity contribution in [3.63, 3.8) is 0 Å². The zero-order chi connectivity index (χ0) is 15.9. The zero-order valence-electron chi connectivity index (χ0n) is 13.0. The second-order valence-corrected chi connectivity index (χ2v) is 5.28. The van der Waals surface area contributed by atoms with Crippen molar-refractivity contribution < 1.29 is 13.5 Å². The van der Waals surface area contributed by atoms with Crippen molar-refractivity contribution >= 4 is 5.96 Å². The van der Waals surface area contributed by atoms with Crippen LogP contribution in [0, 0.1) is 11.6 Å². The van der Waals surface area contributed by atoms with Gasteiger partial charge in [0.25, 0.3) is 0 Å². The van der Waals surface area contributed by atoms with Gasteiger partial charge in [-0.2, -0.15) is 0 Å². The minimum Gasteiger partial charge on any atom is -0.382 e. The van der Waals surface area contributed by atoms with E-state index in [2.05, 4.69) is 15.6 Å². The van der Waals surface area contributed by atoms with Crippen LogP contribution < -0.4 is 10.6 Å². The van der Waals surface area contributed by atoms with Gasteiger partial charge in [0, 0.05) is 44.3 Å². The molecule has 0 heterocycles. The van der Waals surface area contributed by atoms with E-state index in [-0.39, 0.29) is 17.5 Å². The molecule has 0 radical (unpaired) electrons. The van der Waals surface area contributed by atoms with Gasteiger partial charge in [-0.15, -0.1) is 0 Å². The second-order valence-electron chi connectivity index (χ2n) is 5.28. The second kappa shape index (κ2) is 8.08. The lowest BCUT2D eigenvalue weighted by molar-refractivity contribution is 0.145. The Labute approximate surface area is 130 Å². The molecule has 0 aliphatic heterocycles. The predicted octanol–water partition coefficient (Wildman–Crippen LogP) is 2.41. The summed E-state index contributed by atoms with van der Waals surface area (Å²) in [6.07, 6.45) is 1.59. The molecule has 0 aromatic heterocycles. The molecule has 22 heavy (non-hydrogen) atoms. The van der Waals surface area contributed by atoms with E-state index >= 15 is 0 Å². The van der Waals surface area contributed by atoms with Crippen LogP contribution in [0.5, 0.6) is 0 Å². The van der Waals surface area contributed by atoms with Gasteiger partial charge in [-0.05, 0) is 31.9 Å². The number of nitrogens with zero attached hydrogens (tertiary/aromatic N) is 1. The maximum Gasteiger partial charge on any atom is 0.191 e. The first kappa shape index (κ1) is 16.7. The van der Waals surface area contributed by atoms with E-state index in [9.17, 15) is 8.78 Å². The third-order valence-corrected chi connectivity index (χ3v) is 3.67. The van der Waals surface area contributed by atoms with Gasteiger partial charge >= 0.3 is 0 Å². The number of guanidine groups is 1. The molecule has 0 amide bonds. The molecule has 1 fully saturated rings. The molecule has 1 aliphatic rings.